The number of carbonyl (C=O) groups excluding carboxylic acids is 1. The summed E-state index contributed by atoms with van der Waals surface area (Å²) in [5, 5.41) is 0. The van der Waals surface area contributed by atoms with Gasteiger partial charge in [-0.3, -0.25) is 10.2 Å². The summed E-state index contributed by atoms with van der Waals surface area (Å²) < 4.78 is 0. The van der Waals surface area contributed by atoms with Crippen molar-refractivity contribution in [3.05, 3.63) is 30.3 Å². The molecule has 5 nitrogen and oxygen atoms in total. The van der Waals surface area contributed by atoms with Crippen molar-refractivity contribution in [1.82, 2.24) is 15.8 Å². The first-order chi connectivity index (χ1) is 10.8. The molecular weight excluding hydrogens is 276 g/mol. The lowest BCUT2D eigenvalue weighted by atomic mass is 9.96. The fraction of sp³-hybridized carbons (Fsp3) is 0.588. The van der Waals surface area contributed by atoms with Crippen LogP contribution in [0.1, 0.15) is 19.3 Å². The SMILES string of the molecule is O=C(C1NNC2CCCC21)N1CCN(c2ccccc2)CC1. The number of fused-ring (bicyclic) bond motifs is 1. The van der Waals surface area contributed by atoms with Crippen LogP contribution in [0.25, 0.3) is 0 Å². The number of benzene rings is 1. The average Bonchev–Trinajstić information content (AvgIpc) is 3.18. The Labute approximate surface area is 131 Å². The first kappa shape index (κ1) is 14.0. The second-order valence-corrected chi connectivity index (χ2v) is 6.62. The molecule has 3 unspecified atom stereocenters. The highest BCUT2D eigenvalue weighted by molar-refractivity contribution is 5.83. The van der Waals surface area contributed by atoms with E-state index in [0.29, 0.717) is 12.0 Å². The molecule has 3 aliphatic rings. The van der Waals surface area contributed by atoms with E-state index in [9.17, 15) is 4.79 Å². The molecule has 2 aliphatic heterocycles. The predicted octanol–water partition coefficient (Wildman–Crippen LogP) is 0.980. The van der Waals surface area contributed by atoms with Gasteiger partial charge >= 0.3 is 0 Å². The van der Waals surface area contributed by atoms with Crippen LogP contribution in [-0.2, 0) is 4.79 Å². The molecule has 1 aromatic rings. The van der Waals surface area contributed by atoms with Crippen molar-refractivity contribution in [2.24, 2.45) is 5.92 Å². The highest BCUT2D eigenvalue weighted by Gasteiger charge is 2.44. The second-order valence-electron chi connectivity index (χ2n) is 6.62. The molecular formula is C17H24N4O. The van der Waals surface area contributed by atoms with Gasteiger partial charge in [-0.25, -0.2) is 5.43 Å². The molecule has 22 heavy (non-hydrogen) atoms. The molecule has 1 saturated carbocycles. The van der Waals surface area contributed by atoms with E-state index in [0.717, 1.165) is 26.2 Å². The van der Waals surface area contributed by atoms with Crippen molar-refractivity contribution in [2.75, 3.05) is 31.1 Å². The fourth-order valence-electron chi connectivity index (χ4n) is 4.14. The summed E-state index contributed by atoms with van der Waals surface area (Å²) in [6, 6.07) is 10.9. The Morgan fingerprint density at radius 2 is 1.77 bits per heavy atom. The molecule has 0 radical (unpaired) electrons. The van der Waals surface area contributed by atoms with Gasteiger partial charge in [0.15, 0.2) is 0 Å². The molecule has 0 bridgehead atoms. The van der Waals surface area contributed by atoms with Gasteiger partial charge in [-0.2, -0.15) is 0 Å². The van der Waals surface area contributed by atoms with Crippen LogP contribution in [0.4, 0.5) is 5.69 Å². The molecule has 2 saturated heterocycles. The van der Waals surface area contributed by atoms with Gasteiger partial charge in [0, 0.05) is 43.8 Å². The quantitative estimate of drug-likeness (QED) is 0.855. The van der Waals surface area contributed by atoms with Crippen molar-refractivity contribution in [2.45, 2.75) is 31.3 Å². The van der Waals surface area contributed by atoms with E-state index in [1.54, 1.807) is 0 Å². The molecule has 2 heterocycles. The zero-order valence-corrected chi connectivity index (χ0v) is 12.9. The first-order valence-corrected chi connectivity index (χ1v) is 8.43. The summed E-state index contributed by atoms with van der Waals surface area (Å²) in [6.45, 7) is 3.49. The van der Waals surface area contributed by atoms with Gasteiger partial charge in [0.2, 0.25) is 5.91 Å². The summed E-state index contributed by atoms with van der Waals surface area (Å²) >= 11 is 0. The third-order valence-corrected chi connectivity index (χ3v) is 5.40. The van der Waals surface area contributed by atoms with Crippen LogP contribution < -0.4 is 15.8 Å². The summed E-state index contributed by atoms with van der Waals surface area (Å²) in [5.41, 5.74) is 7.81. The van der Waals surface area contributed by atoms with E-state index in [-0.39, 0.29) is 11.9 Å². The summed E-state index contributed by atoms with van der Waals surface area (Å²) in [4.78, 5) is 17.2. The second kappa shape index (κ2) is 5.89. The van der Waals surface area contributed by atoms with Crippen molar-refractivity contribution in [3.63, 3.8) is 0 Å². The summed E-state index contributed by atoms with van der Waals surface area (Å²) in [7, 11) is 0. The number of anilines is 1. The third-order valence-electron chi connectivity index (χ3n) is 5.40. The standard InChI is InChI=1S/C17H24N4O/c22-17(16-14-7-4-8-15(14)18-19-16)21-11-9-20(10-12-21)13-5-2-1-3-6-13/h1-3,5-6,14-16,18-19H,4,7-12H2. The predicted molar refractivity (Wildman–Crippen MR) is 86.4 cm³/mol. The Hall–Kier alpha value is -1.59. The van der Waals surface area contributed by atoms with Crippen LogP contribution in [0.3, 0.4) is 0 Å². The molecule has 3 fully saturated rings. The lowest BCUT2D eigenvalue weighted by Gasteiger charge is -2.37. The first-order valence-electron chi connectivity index (χ1n) is 8.43. The van der Waals surface area contributed by atoms with E-state index in [4.69, 9.17) is 0 Å². The Kier molecular flexibility index (Phi) is 3.76. The maximum absolute atomic E-state index is 12.8. The number of amides is 1. The molecule has 1 aromatic carbocycles. The minimum atomic E-state index is -0.0178. The molecule has 2 N–H and O–H groups in total. The molecule has 1 amide bonds. The monoisotopic (exact) mass is 300 g/mol. The van der Waals surface area contributed by atoms with E-state index >= 15 is 0 Å². The number of piperazine rings is 1. The van der Waals surface area contributed by atoms with Crippen molar-refractivity contribution < 1.29 is 4.79 Å². The Morgan fingerprint density at radius 3 is 2.55 bits per heavy atom. The molecule has 0 spiro atoms. The van der Waals surface area contributed by atoms with Crippen LogP contribution in [0.15, 0.2) is 30.3 Å². The topological polar surface area (TPSA) is 47.6 Å². The van der Waals surface area contributed by atoms with E-state index in [1.807, 2.05) is 11.0 Å². The normalized spacial score (nSPS) is 31.4. The van der Waals surface area contributed by atoms with Crippen molar-refractivity contribution >= 4 is 11.6 Å². The van der Waals surface area contributed by atoms with Gasteiger partial charge in [0.05, 0.1) is 0 Å². The van der Waals surface area contributed by atoms with Gasteiger partial charge in [-0.15, -0.1) is 0 Å². The third kappa shape index (κ3) is 2.48. The number of para-hydroxylation sites is 1. The Morgan fingerprint density at radius 1 is 1.00 bits per heavy atom. The zero-order valence-electron chi connectivity index (χ0n) is 12.9. The van der Waals surface area contributed by atoms with E-state index in [1.165, 1.54) is 24.9 Å². The molecule has 1 aliphatic carbocycles. The van der Waals surface area contributed by atoms with E-state index < -0.39 is 0 Å². The minimum absolute atomic E-state index is 0.0178. The van der Waals surface area contributed by atoms with Crippen LogP contribution in [0.2, 0.25) is 0 Å². The molecule has 118 valence electrons. The lowest BCUT2D eigenvalue weighted by molar-refractivity contribution is -0.134. The van der Waals surface area contributed by atoms with Crippen molar-refractivity contribution in [3.8, 4) is 0 Å². The number of carbonyl (C=O) groups is 1. The van der Waals surface area contributed by atoms with Crippen LogP contribution in [0, 0.1) is 5.92 Å². The summed E-state index contributed by atoms with van der Waals surface area (Å²) in [5.74, 6) is 0.772. The van der Waals surface area contributed by atoms with Crippen LogP contribution in [0.5, 0.6) is 0 Å². The van der Waals surface area contributed by atoms with Gasteiger partial charge in [-0.05, 0) is 25.0 Å². The molecule has 3 atom stereocenters. The number of rotatable bonds is 2. The molecule has 5 heteroatoms. The molecule has 4 rings (SSSR count). The highest BCUT2D eigenvalue weighted by atomic mass is 16.2. The fourth-order valence-corrected chi connectivity index (χ4v) is 4.14. The Bertz CT molecular complexity index is 527. The average molecular weight is 300 g/mol. The maximum atomic E-state index is 12.8. The number of hydrogen-bond acceptors (Lipinski definition) is 4. The zero-order chi connectivity index (χ0) is 14.9. The van der Waals surface area contributed by atoms with Crippen molar-refractivity contribution in [1.29, 1.82) is 0 Å². The number of hydrazine groups is 1. The van der Waals surface area contributed by atoms with Gasteiger partial charge in [-0.1, -0.05) is 24.6 Å². The number of nitrogens with zero attached hydrogens (tertiary/aromatic N) is 2. The number of hydrogen-bond donors (Lipinski definition) is 2. The smallest absolute Gasteiger partial charge is 0.241 e. The largest absolute Gasteiger partial charge is 0.368 e. The van der Waals surface area contributed by atoms with Crippen LogP contribution >= 0.6 is 0 Å². The summed E-state index contributed by atoms with van der Waals surface area (Å²) in [6.07, 6.45) is 3.61. The van der Waals surface area contributed by atoms with Gasteiger partial charge in [0.25, 0.3) is 0 Å². The number of nitrogens with one attached hydrogen (secondary N) is 2. The molecule has 0 aromatic heterocycles. The van der Waals surface area contributed by atoms with Gasteiger partial charge in [0.1, 0.15) is 6.04 Å². The maximum Gasteiger partial charge on any atom is 0.241 e. The van der Waals surface area contributed by atoms with Gasteiger partial charge < -0.3 is 9.80 Å². The van der Waals surface area contributed by atoms with E-state index in [2.05, 4.69) is 40.0 Å². The van der Waals surface area contributed by atoms with Crippen LogP contribution in [-0.4, -0.2) is 49.1 Å². The Balaban J connectivity index is 1.36. The highest BCUT2D eigenvalue weighted by Crippen LogP contribution is 2.32. The lowest BCUT2D eigenvalue weighted by Crippen LogP contribution is -2.54. The minimum Gasteiger partial charge on any atom is -0.368 e.